The number of hydrogen-bond acceptors (Lipinski definition) is 4. The van der Waals surface area contributed by atoms with Crippen LogP contribution in [0.5, 0.6) is 5.88 Å². The molecule has 0 saturated heterocycles. The van der Waals surface area contributed by atoms with Gasteiger partial charge in [0.2, 0.25) is 5.88 Å². The Morgan fingerprint density at radius 1 is 1.25 bits per heavy atom. The normalized spacial score (nSPS) is 8.00. The van der Waals surface area contributed by atoms with Gasteiger partial charge in [0.1, 0.15) is 0 Å². The molecule has 0 spiro atoms. The van der Waals surface area contributed by atoms with Crippen molar-refractivity contribution in [3.8, 4) is 5.88 Å². The Morgan fingerprint density at radius 2 is 1.75 bits per heavy atom. The highest BCUT2D eigenvalue weighted by Crippen LogP contribution is 2.13. The number of nitrogens with two attached hydrogens (primary N) is 2. The molecule has 5 nitrogen and oxygen atoms in total. The first kappa shape index (κ1) is 13.5. The van der Waals surface area contributed by atoms with Gasteiger partial charge < -0.3 is 16.6 Å². The van der Waals surface area contributed by atoms with E-state index < -0.39 is 5.56 Å². The molecule has 0 saturated carbocycles. The SMILES string of the molecule is Cl.Cl.Nc1cc(N)c(=O)[nH]c1O. The monoisotopic (exact) mass is 213 g/mol. The first-order valence-electron chi connectivity index (χ1n) is 2.58. The summed E-state index contributed by atoms with van der Waals surface area (Å²) in [4.78, 5) is 12.7. The molecule has 70 valence electrons. The molecule has 0 bridgehead atoms. The van der Waals surface area contributed by atoms with Crippen molar-refractivity contribution < 1.29 is 5.11 Å². The maximum absolute atomic E-state index is 10.6. The van der Waals surface area contributed by atoms with Gasteiger partial charge in [-0.2, -0.15) is 0 Å². The zero-order valence-electron chi connectivity index (χ0n) is 5.90. The molecule has 12 heavy (non-hydrogen) atoms. The van der Waals surface area contributed by atoms with Crippen LogP contribution in [0, 0.1) is 0 Å². The zero-order valence-corrected chi connectivity index (χ0v) is 7.54. The summed E-state index contributed by atoms with van der Waals surface area (Å²) >= 11 is 0. The number of anilines is 2. The van der Waals surface area contributed by atoms with Crippen LogP contribution in [-0.2, 0) is 0 Å². The van der Waals surface area contributed by atoms with E-state index in [0.717, 1.165) is 0 Å². The molecule has 0 unspecified atom stereocenters. The summed E-state index contributed by atoms with van der Waals surface area (Å²) < 4.78 is 0. The Balaban J connectivity index is 0. The second kappa shape index (κ2) is 4.74. The second-order valence-corrected chi connectivity index (χ2v) is 1.86. The molecule has 0 atom stereocenters. The van der Waals surface area contributed by atoms with Gasteiger partial charge in [0, 0.05) is 0 Å². The standard InChI is InChI=1S/C5H7N3O2.2ClH/c6-2-1-3(7)5(10)8-4(2)9;;/h1H,6-7H2,(H2,8,9,10);2*1H. The predicted molar refractivity (Wildman–Crippen MR) is 52.0 cm³/mol. The molecule has 0 fully saturated rings. The van der Waals surface area contributed by atoms with E-state index >= 15 is 0 Å². The van der Waals surface area contributed by atoms with Crippen molar-refractivity contribution >= 4 is 36.2 Å². The zero-order chi connectivity index (χ0) is 7.72. The van der Waals surface area contributed by atoms with Crippen molar-refractivity contribution in [3.05, 3.63) is 16.4 Å². The van der Waals surface area contributed by atoms with Crippen LogP contribution in [0.25, 0.3) is 0 Å². The number of hydrogen-bond donors (Lipinski definition) is 4. The number of aromatic nitrogens is 1. The smallest absolute Gasteiger partial charge is 0.273 e. The highest BCUT2D eigenvalue weighted by molar-refractivity contribution is 5.85. The molecule has 1 heterocycles. The summed E-state index contributed by atoms with van der Waals surface area (Å²) in [5, 5.41) is 8.79. The molecule has 0 aliphatic heterocycles. The lowest BCUT2D eigenvalue weighted by molar-refractivity contribution is 0.455. The average molecular weight is 214 g/mol. The van der Waals surface area contributed by atoms with Crippen LogP contribution >= 0.6 is 24.8 Å². The molecule has 7 heteroatoms. The summed E-state index contributed by atoms with van der Waals surface area (Å²) in [6.07, 6.45) is 0. The van der Waals surface area contributed by atoms with E-state index in [0.29, 0.717) is 0 Å². The number of rotatable bonds is 0. The molecule has 0 aliphatic rings. The van der Waals surface area contributed by atoms with Crippen molar-refractivity contribution in [3.63, 3.8) is 0 Å². The van der Waals surface area contributed by atoms with Crippen molar-refractivity contribution in [2.75, 3.05) is 11.5 Å². The lowest BCUT2D eigenvalue weighted by Gasteiger charge is -1.97. The van der Waals surface area contributed by atoms with E-state index in [2.05, 4.69) is 4.98 Å². The van der Waals surface area contributed by atoms with Gasteiger partial charge in [0.15, 0.2) is 0 Å². The number of aromatic hydroxyl groups is 1. The Labute approximate surface area is 80.6 Å². The van der Waals surface area contributed by atoms with Crippen LogP contribution in [-0.4, -0.2) is 10.1 Å². The van der Waals surface area contributed by atoms with Gasteiger partial charge in [0.05, 0.1) is 11.4 Å². The van der Waals surface area contributed by atoms with Crippen LogP contribution in [0.1, 0.15) is 0 Å². The fourth-order valence-electron chi connectivity index (χ4n) is 0.553. The first-order valence-corrected chi connectivity index (χ1v) is 2.58. The van der Waals surface area contributed by atoms with E-state index in [1.165, 1.54) is 6.07 Å². The molecule has 6 N–H and O–H groups in total. The van der Waals surface area contributed by atoms with Gasteiger partial charge in [-0.1, -0.05) is 0 Å². The van der Waals surface area contributed by atoms with E-state index in [4.69, 9.17) is 16.6 Å². The number of aromatic amines is 1. The molecule has 1 aromatic heterocycles. The van der Waals surface area contributed by atoms with Gasteiger partial charge >= 0.3 is 0 Å². The largest absolute Gasteiger partial charge is 0.493 e. The molecule has 0 radical (unpaired) electrons. The first-order chi connectivity index (χ1) is 4.61. The maximum atomic E-state index is 10.6. The van der Waals surface area contributed by atoms with Crippen molar-refractivity contribution in [1.29, 1.82) is 0 Å². The van der Waals surface area contributed by atoms with Gasteiger partial charge in [0.25, 0.3) is 5.56 Å². The second-order valence-electron chi connectivity index (χ2n) is 1.86. The minimum absolute atomic E-state index is 0. The predicted octanol–water partition coefficient (Wildman–Crippen LogP) is 0.0885. The maximum Gasteiger partial charge on any atom is 0.273 e. The number of nitrogen functional groups attached to an aromatic ring is 2. The Kier molecular flexibility index (Phi) is 5.33. The molecule has 1 rings (SSSR count). The lowest BCUT2D eigenvalue weighted by Crippen LogP contribution is -2.11. The van der Waals surface area contributed by atoms with Crippen molar-refractivity contribution in [1.82, 2.24) is 4.98 Å². The third-order valence-corrected chi connectivity index (χ3v) is 1.08. The lowest BCUT2D eigenvalue weighted by atomic mass is 10.4. The van der Waals surface area contributed by atoms with E-state index in [-0.39, 0.29) is 42.1 Å². The minimum atomic E-state index is -0.535. The molecule has 1 aromatic rings. The quantitative estimate of drug-likeness (QED) is 0.491. The number of H-pyrrole nitrogens is 1. The highest BCUT2D eigenvalue weighted by Gasteiger charge is 1.99. The van der Waals surface area contributed by atoms with Crippen LogP contribution in [0.4, 0.5) is 11.4 Å². The summed E-state index contributed by atoms with van der Waals surface area (Å²) in [5.41, 5.74) is 9.87. The van der Waals surface area contributed by atoms with Crippen molar-refractivity contribution in [2.24, 2.45) is 0 Å². The highest BCUT2D eigenvalue weighted by atomic mass is 35.5. The van der Waals surface area contributed by atoms with Gasteiger partial charge in [-0.25, -0.2) is 0 Å². The third-order valence-electron chi connectivity index (χ3n) is 1.08. The number of halogens is 2. The molecular formula is C5H9Cl2N3O2. The Bertz CT molecular complexity index is 312. The van der Waals surface area contributed by atoms with Gasteiger partial charge in [-0.05, 0) is 6.07 Å². The molecule has 0 amide bonds. The van der Waals surface area contributed by atoms with Gasteiger partial charge in [-0.3, -0.25) is 9.78 Å². The van der Waals surface area contributed by atoms with E-state index in [1.54, 1.807) is 0 Å². The Hall–Kier alpha value is -1.07. The number of pyridine rings is 1. The summed E-state index contributed by atoms with van der Waals surface area (Å²) in [5.74, 6) is -0.348. The van der Waals surface area contributed by atoms with Crippen LogP contribution in [0.15, 0.2) is 10.9 Å². The third kappa shape index (κ3) is 2.52. The van der Waals surface area contributed by atoms with Crippen LogP contribution in [0.3, 0.4) is 0 Å². The summed E-state index contributed by atoms with van der Waals surface area (Å²) in [6.45, 7) is 0. The van der Waals surface area contributed by atoms with Crippen LogP contribution < -0.4 is 17.0 Å². The molecule has 0 aliphatic carbocycles. The summed E-state index contributed by atoms with van der Waals surface area (Å²) in [7, 11) is 0. The molecular weight excluding hydrogens is 205 g/mol. The number of nitrogens with one attached hydrogen (secondary N) is 1. The Morgan fingerprint density at radius 3 is 2.17 bits per heavy atom. The van der Waals surface area contributed by atoms with Gasteiger partial charge in [-0.15, -0.1) is 24.8 Å². The van der Waals surface area contributed by atoms with E-state index in [1.807, 2.05) is 0 Å². The van der Waals surface area contributed by atoms with Crippen LogP contribution in [0.2, 0.25) is 0 Å². The average Bonchev–Trinajstić information content (AvgIpc) is 1.84. The fraction of sp³-hybridized carbons (Fsp3) is 0. The topological polar surface area (TPSA) is 105 Å². The summed E-state index contributed by atoms with van der Waals surface area (Å²) in [6, 6.07) is 1.20. The minimum Gasteiger partial charge on any atom is -0.493 e. The van der Waals surface area contributed by atoms with E-state index in [9.17, 15) is 4.79 Å². The molecule has 0 aromatic carbocycles. The fourth-order valence-corrected chi connectivity index (χ4v) is 0.553. The van der Waals surface area contributed by atoms with Crippen molar-refractivity contribution in [2.45, 2.75) is 0 Å².